The number of pyridine rings is 2. The van der Waals surface area contributed by atoms with Crippen LogP contribution >= 0.6 is 22.1 Å². The minimum Gasteiger partial charge on any atom is -0.353 e. The van der Waals surface area contributed by atoms with E-state index in [2.05, 4.69) is 9.88 Å². The largest absolute Gasteiger partial charge is 0.353 e. The first kappa shape index (κ1) is 21.7. The Hall–Kier alpha value is -2.51. The molecule has 0 aromatic carbocycles. The van der Waals surface area contributed by atoms with Gasteiger partial charge in [-0.05, 0) is 12.1 Å². The van der Waals surface area contributed by atoms with E-state index in [4.69, 9.17) is 4.98 Å². The molecule has 3 aromatic rings. The second-order valence-corrected chi connectivity index (χ2v) is 10.5. The van der Waals surface area contributed by atoms with Crippen LogP contribution in [-0.4, -0.2) is 79.0 Å². The molecule has 1 amide bonds. The number of anilines is 1. The van der Waals surface area contributed by atoms with Crippen molar-refractivity contribution in [3.8, 4) is 5.13 Å². The molecule has 0 atom stereocenters. The van der Waals surface area contributed by atoms with Crippen LogP contribution in [0.25, 0.3) is 16.2 Å². The summed E-state index contributed by atoms with van der Waals surface area (Å²) in [6, 6.07) is 3.42. The second kappa shape index (κ2) is 8.20. The van der Waals surface area contributed by atoms with E-state index in [1.54, 1.807) is 40.1 Å². The van der Waals surface area contributed by atoms with Gasteiger partial charge in [0.05, 0.1) is 5.39 Å². The van der Waals surface area contributed by atoms with Crippen molar-refractivity contribution < 1.29 is 13.9 Å². The molecule has 4 heterocycles. The number of carbonyl (C=O) groups excluding carboxylic acids is 1. The molecule has 1 aliphatic rings. The van der Waals surface area contributed by atoms with Crippen LogP contribution in [0.5, 0.6) is 0 Å². The van der Waals surface area contributed by atoms with Gasteiger partial charge in [0.15, 0.2) is 10.8 Å². The summed E-state index contributed by atoms with van der Waals surface area (Å²) in [5, 5.41) is 2.64. The molecule has 1 fully saturated rings. The van der Waals surface area contributed by atoms with Gasteiger partial charge in [-0.1, -0.05) is 0 Å². The minimum absolute atomic E-state index is 0.0520. The van der Waals surface area contributed by atoms with Gasteiger partial charge in [-0.3, -0.25) is 23.3 Å². The Bertz CT molecular complexity index is 1170. The summed E-state index contributed by atoms with van der Waals surface area (Å²) in [4.78, 5) is 37.6. The van der Waals surface area contributed by atoms with Gasteiger partial charge in [0.1, 0.15) is 10.7 Å². The van der Waals surface area contributed by atoms with Gasteiger partial charge in [0.2, 0.25) is 11.3 Å². The SMILES string of the molecule is CC(=O)N1CCN(c2ccc3c(=O)c(S(O)(O)N(C)C)cn(-c4nccs4)c3n2)CC1. The highest BCUT2D eigenvalue weighted by Gasteiger charge is 2.27. The molecule has 3 aromatic heterocycles. The zero-order valence-electron chi connectivity index (χ0n) is 17.4. The predicted molar refractivity (Wildman–Crippen MR) is 122 cm³/mol. The maximum atomic E-state index is 13.2. The Morgan fingerprint density at radius 1 is 1.19 bits per heavy atom. The molecule has 0 aliphatic carbocycles. The lowest BCUT2D eigenvalue weighted by atomic mass is 10.2. The number of aromatic nitrogens is 3. The third kappa shape index (κ3) is 3.92. The molecule has 10 nitrogen and oxygen atoms in total. The van der Waals surface area contributed by atoms with Crippen LogP contribution in [0, 0.1) is 0 Å². The number of piperazine rings is 1. The number of hydrogen-bond donors (Lipinski definition) is 2. The van der Waals surface area contributed by atoms with E-state index in [0.29, 0.717) is 42.8 Å². The smallest absolute Gasteiger partial charge is 0.219 e. The number of thiazole rings is 1. The summed E-state index contributed by atoms with van der Waals surface area (Å²) in [6.07, 6.45) is 3.06. The zero-order valence-corrected chi connectivity index (χ0v) is 19.1. The highest BCUT2D eigenvalue weighted by atomic mass is 32.3. The van der Waals surface area contributed by atoms with Crippen molar-refractivity contribution in [2.75, 3.05) is 45.2 Å². The Balaban J connectivity index is 1.85. The van der Waals surface area contributed by atoms with Gasteiger partial charge < -0.3 is 9.80 Å². The lowest BCUT2D eigenvalue weighted by Crippen LogP contribution is -2.48. The van der Waals surface area contributed by atoms with Crippen LogP contribution in [0.15, 0.2) is 39.6 Å². The zero-order chi connectivity index (χ0) is 22.3. The summed E-state index contributed by atoms with van der Waals surface area (Å²) >= 11 is 1.35. The summed E-state index contributed by atoms with van der Waals surface area (Å²) in [7, 11) is -0.439. The fourth-order valence-corrected chi connectivity index (χ4v) is 5.08. The van der Waals surface area contributed by atoms with Crippen molar-refractivity contribution in [2.45, 2.75) is 11.8 Å². The van der Waals surface area contributed by atoms with Gasteiger partial charge in [-0.15, -0.1) is 22.1 Å². The topological polar surface area (TPSA) is 115 Å². The van der Waals surface area contributed by atoms with E-state index in [1.165, 1.54) is 35.9 Å². The maximum absolute atomic E-state index is 13.2. The molecular weight excluding hydrogens is 440 g/mol. The standard InChI is InChI=1S/C19H24N6O4S2/c1-13(26)23-7-9-24(10-8-23)16-5-4-14-17(27)15(31(28,29)22(2)3)12-25(18(14)21-16)19-20-6-11-30-19/h4-6,11-12,28-29H,7-10H2,1-3H3. The third-order valence-electron chi connectivity index (χ3n) is 5.28. The first-order valence-electron chi connectivity index (χ1n) is 9.62. The molecule has 31 heavy (non-hydrogen) atoms. The fourth-order valence-electron chi connectivity index (χ4n) is 3.47. The number of rotatable bonds is 4. The number of amides is 1. The summed E-state index contributed by atoms with van der Waals surface area (Å²) in [5.74, 6) is 0.739. The van der Waals surface area contributed by atoms with Gasteiger partial charge >= 0.3 is 0 Å². The van der Waals surface area contributed by atoms with Crippen LogP contribution in [-0.2, 0) is 4.79 Å². The second-order valence-electron chi connectivity index (χ2n) is 7.37. The minimum atomic E-state index is -3.46. The monoisotopic (exact) mass is 464 g/mol. The Morgan fingerprint density at radius 2 is 1.90 bits per heavy atom. The van der Waals surface area contributed by atoms with Crippen LogP contribution < -0.4 is 10.3 Å². The van der Waals surface area contributed by atoms with E-state index in [1.807, 2.05) is 0 Å². The molecule has 166 valence electrons. The lowest BCUT2D eigenvalue weighted by molar-refractivity contribution is -0.129. The van der Waals surface area contributed by atoms with Gasteiger partial charge in [0, 0.05) is 65.0 Å². The molecule has 0 radical (unpaired) electrons. The molecular formula is C19H24N6O4S2. The number of fused-ring (bicyclic) bond motifs is 1. The molecule has 0 bridgehead atoms. The Labute approximate surface area is 184 Å². The lowest BCUT2D eigenvalue weighted by Gasteiger charge is -2.38. The van der Waals surface area contributed by atoms with Crippen LogP contribution in [0.2, 0.25) is 0 Å². The normalized spacial score (nSPS) is 15.7. The van der Waals surface area contributed by atoms with Crippen molar-refractivity contribution >= 4 is 44.9 Å². The summed E-state index contributed by atoms with van der Waals surface area (Å²) in [5.41, 5.74) is -0.0823. The van der Waals surface area contributed by atoms with Crippen molar-refractivity contribution in [2.24, 2.45) is 0 Å². The van der Waals surface area contributed by atoms with Crippen LogP contribution in [0.4, 0.5) is 5.82 Å². The Morgan fingerprint density at radius 3 is 2.48 bits per heavy atom. The summed E-state index contributed by atoms with van der Waals surface area (Å²) < 4.78 is 24.1. The predicted octanol–water partition coefficient (Wildman–Crippen LogP) is 2.10. The molecule has 1 aliphatic heterocycles. The average Bonchev–Trinajstić information content (AvgIpc) is 3.28. The molecule has 0 spiro atoms. The molecule has 1 saturated heterocycles. The highest BCUT2D eigenvalue weighted by molar-refractivity contribution is 8.22. The molecule has 2 N–H and O–H groups in total. The van der Waals surface area contributed by atoms with E-state index < -0.39 is 16.2 Å². The van der Waals surface area contributed by atoms with Crippen molar-refractivity contribution in [1.82, 2.24) is 23.7 Å². The molecule has 0 saturated carbocycles. The Kier molecular flexibility index (Phi) is 5.75. The van der Waals surface area contributed by atoms with E-state index in [0.717, 1.165) is 0 Å². The maximum Gasteiger partial charge on any atom is 0.219 e. The van der Waals surface area contributed by atoms with E-state index in [9.17, 15) is 18.7 Å². The average molecular weight is 465 g/mol. The first-order chi connectivity index (χ1) is 14.7. The van der Waals surface area contributed by atoms with Gasteiger partial charge in [-0.2, -0.15) is 0 Å². The van der Waals surface area contributed by atoms with Crippen LogP contribution in [0.3, 0.4) is 0 Å². The van der Waals surface area contributed by atoms with E-state index >= 15 is 0 Å². The van der Waals surface area contributed by atoms with Crippen LogP contribution in [0.1, 0.15) is 6.92 Å². The molecule has 0 unspecified atom stereocenters. The third-order valence-corrected chi connectivity index (χ3v) is 7.95. The molecule has 12 heteroatoms. The van der Waals surface area contributed by atoms with Crippen molar-refractivity contribution in [3.63, 3.8) is 0 Å². The van der Waals surface area contributed by atoms with Crippen molar-refractivity contribution in [1.29, 1.82) is 0 Å². The number of hydrogen-bond acceptors (Lipinski definition) is 9. The fraction of sp³-hybridized carbons (Fsp3) is 0.368. The molecule has 4 rings (SSSR count). The van der Waals surface area contributed by atoms with E-state index in [-0.39, 0.29) is 16.2 Å². The van der Waals surface area contributed by atoms with Crippen molar-refractivity contribution in [3.05, 3.63) is 40.1 Å². The number of nitrogens with zero attached hydrogens (tertiary/aromatic N) is 6. The van der Waals surface area contributed by atoms with Gasteiger partial charge in [0.25, 0.3) is 0 Å². The highest BCUT2D eigenvalue weighted by Crippen LogP contribution is 2.48. The first-order valence-corrected chi connectivity index (χ1v) is 12.0. The quantitative estimate of drug-likeness (QED) is 0.603. The van der Waals surface area contributed by atoms with Gasteiger partial charge in [-0.25, -0.2) is 14.3 Å². The number of carbonyl (C=O) groups is 1. The summed E-state index contributed by atoms with van der Waals surface area (Å²) in [6.45, 7) is 4.05.